The number of hydrogen-bond acceptors (Lipinski definition) is 0. The zero-order valence-corrected chi connectivity index (χ0v) is 10.6. The van der Waals surface area contributed by atoms with E-state index in [2.05, 4.69) is 6.92 Å². The second-order valence-electron chi connectivity index (χ2n) is 5.39. The highest BCUT2D eigenvalue weighted by Gasteiger charge is 2.21. The Hall–Kier alpha value is -0.0800. The van der Waals surface area contributed by atoms with Gasteiger partial charge in [-0.15, -0.1) is 0 Å². The van der Waals surface area contributed by atoms with Gasteiger partial charge in [0.2, 0.25) is 0 Å². The highest BCUT2D eigenvalue weighted by molar-refractivity contribution is 4.87. The normalized spacial score (nSPS) is 25.1. The fourth-order valence-electron chi connectivity index (χ4n) is 2.98. The highest BCUT2D eigenvalue weighted by atomic mass is 15.1. The first kappa shape index (κ1) is 12.4. The van der Waals surface area contributed by atoms with Crippen LogP contribution >= 0.6 is 0 Å². The van der Waals surface area contributed by atoms with Crippen LogP contribution < -0.4 is 10.6 Å². The molecule has 3 radical (unpaired) electrons. The molecule has 0 heterocycles. The van der Waals surface area contributed by atoms with Gasteiger partial charge in [-0.2, -0.15) is 0 Å². The van der Waals surface area contributed by atoms with Gasteiger partial charge >= 0.3 is 0 Å². The summed E-state index contributed by atoms with van der Waals surface area (Å²) in [6.45, 7) is 2.10. The molecule has 0 unspecified atom stereocenters. The Morgan fingerprint density at radius 2 is 1.06 bits per heavy atom. The van der Waals surface area contributed by atoms with Crippen LogP contribution in [0, 0.1) is 6.17 Å². The third kappa shape index (κ3) is 4.06. The number of hydrogen-bond donors (Lipinski definition) is 0. The third-order valence-electron chi connectivity index (χ3n) is 3.89. The summed E-state index contributed by atoms with van der Waals surface area (Å²) in [5.41, 5.74) is 0. The van der Waals surface area contributed by atoms with E-state index in [9.17, 15) is 0 Å². The largest absolute Gasteiger partial charge is 0.212 e. The maximum Gasteiger partial charge on any atom is 0.132 e. The van der Waals surface area contributed by atoms with Gasteiger partial charge < -0.3 is 0 Å². The van der Waals surface area contributed by atoms with Crippen LogP contribution in [0.2, 0.25) is 0 Å². The third-order valence-corrected chi connectivity index (χ3v) is 3.89. The zero-order valence-electron chi connectivity index (χ0n) is 10.6. The first-order valence-electron chi connectivity index (χ1n) is 7.10. The summed E-state index contributed by atoms with van der Waals surface area (Å²) in [6.07, 6.45) is 14.5. The molecule has 2 heteroatoms. The molecule has 2 rings (SSSR count). The number of nitrogens with zero attached hydrogens (tertiary/aromatic N) is 2. The summed E-state index contributed by atoms with van der Waals surface area (Å²) < 4.78 is 0. The molecule has 0 aromatic carbocycles. The van der Waals surface area contributed by atoms with Crippen molar-refractivity contribution in [2.75, 3.05) is 0 Å². The van der Waals surface area contributed by atoms with E-state index in [0.29, 0.717) is 12.1 Å². The molecule has 0 atom stereocenters. The molecule has 0 amide bonds. The van der Waals surface area contributed by atoms with Gasteiger partial charge in [0.15, 0.2) is 0 Å². The minimum absolute atomic E-state index is 0.584. The Bertz CT molecular complexity index is 161. The van der Waals surface area contributed by atoms with Crippen LogP contribution in [0.1, 0.15) is 71.1 Å². The Balaban J connectivity index is 1.64. The topological polar surface area (TPSA) is 28.2 Å². The molecule has 0 spiro atoms. The van der Waals surface area contributed by atoms with Gasteiger partial charge in [0.05, 0.1) is 0 Å². The molecule has 0 aliphatic heterocycles. The summed E-state index contributed by atoms with van der Waals surface area (Å²) in [5, 5.41) is 9.56. The van der Waals surface area contributed by atoms with Crippen LogP contribution in [-0.2, 0) is 0 Å². The molecule has 0 N–H and O–H groups in total. The van der Waals surface area contributed by atoms with Crippen LogP contribution in [0.3, 0.4) is 0 Å². The minimum atomic E-state index is 0.584. The summed E-state index contributed by atoms with van der Waals surface area (Å²) in [5.74, 6) is 0. The molecule has 16 heavy (non-hydrogen) atoms. The zero-order chi connectivity index (χ0) is 11.2. The lowest BCUT2D eigenvalue weighted by molar-refractivity contribution is 0.316. The van der Waals surface area contributed by atoms with Crippen molar-refractivity contribution >= 4 is 0 Å². The van der Waals surface area contributed by atoms with E-state index in [-0.39, 0.29) is 0 Å². The summed E-state index contributed by atoms with van der Waals surface area (Å²) in [7, 11) is 0. The summed E-state index contributed by atoms with van der Waals surface area (Å²) >= 11 is 0. The Labute approximate surface area is 101 Å². The van der Waals surface area contributed by atoms with Gasteiger partial charge in [0.1, 0.15) is 6.17 Å². The quantitative estimate of drug-likeness (QED) is 0.696. The van der Waals surface area contributed by atoms with Crippen molar-refractivity contribution in [3.63, 3.8) is 0 Å². The van der Waals surface area contributed by atoms with Gasteiger partial charge in [0.25, 0.3) is 0 Å². The lowest BCUT2D eigenvalue weighted by Crippen LogP contribution is -2.36. The van der Waals surface area contributed by atoms with E-state index in [1.165, 1.54) is 64.2 Å². The van der Waals surface area contributed by atoms with E-state index < -0.39 is 0 Å². The molecular weight excluding hydrogens is 196 g/mol. The molecule has 2 aliphatic rings. The molecule has 0 bridgehead atoms. The number of rotatable bonds is 4. The fourth-order valence-corrected chi connectivity index (χ4v) is 2.98. The maximum atomic E-state index is 4.78. The lowest BCUT2D eigenvalue weighted by atomic mass is 9.94. The van der Waals surface area contributed by atoms with Gasteiger partial charge in [-0.05, 0) is 32.6 Å². The minimum Gasteiger partial charge on any atom is -0.212 e. The Kier molecular flexibility index (Phi) is 5.11. The molecule has 2 nitrogen and oxygen atoms in total. The van der Waals surface area contributed by atoms with Crippen molar-refractivity contribution in [2.45, 2.75) is 83.2 Å². The van der Waals surface area contributed by atoms with Crippen LogP contribution in [-0.4, -0.2) is 12.1 Å². The SMILES string of the molecule is C[C]([N]C1CCCCC1)[N]C1CCCCC1. The second kappa shape index (κ2) is 6.61. The molecule has 2 fully saturated rings. The molecule has 0 saturated heterocycles. The Morgan fingerprint density at radius 1 is 0.688 bits per heavy atom. The van der Waals surface area contributed by atoms with Gasteiger partial charge in [-0.1, -0.05) is 38.5 Å². The van der Waals surface area contributed by atoms with Crippen LogP contribution in [0.5, 0.6) is 0 Å². The molecule has 2 aliphatic carbocycles. The van der Waals surface area contributed by atoms with E-state index in [1.807, 2.05) is 0 Å². The van der Waals surface area contributed by atoms with Crippen molar-refractivity contribution < 1.29 is 0 Å². The molecule has 2 saturated carbocycles. The molecule has 0 aromatic heterocycles. The van der Waals surface area contributed by atoms with Crippen LogP contribution in [0.25, 0.3) is 0 Å². The van der Waals surface area contributed by atoms with Crippen molar-refractivity contribution in [1.82, 2.24) is 10.6 Å². The first-order valence-corrected chi connectivity index (χ1v) is 7.10. The van der Waals surface area contributed by atoms with Gasteiger partial charge in [-0.3, -0.25) is 0 Å². The second-order valence-corrected chi connectivity index (χ2v) is 5.39. The average molecular weight is 221 g/mol. The van der Waals surface area contributed by atoms with Crippen molar-refractivity contribution in [3.05, 3.63) is 6.17 Å². The predicted molar refractivity (Wildman–Crippen MR) is 66.9 cm³/mol. The molecular formula is C14H25N2. The highest BCUT2D eigenvalue weighted by Crippen LogP contribution is 2.22. The van der Waals surface area contributed by atoms with E-state index in [0.717, 1.165) is 6.17 Å². The molecule has 0 aromatic rings. The summed E-state index contributed by atoms with van der Waals surface area (Å²) in [4.78, 5) is 0. The van der Waals surface area contributed by atoms with E-state index in [4.69, 9.17) is 10.6 Å². The predicted octanol–water partition coefficient (Wildman–Crippen LogP) is 3.37. The lowest BCUT2D eigenvalue weighted by Gasteiger charge is -2.27. The average Bonchev–Trinajstić information content (AvgIpc) is 2.31. The van der Waals surface area contributed by atoms with Gasteiger partial charge in [0, 0.05) is 12.1 Å². The molecule has 91 valence electrons. The standard InChI is InChI=1S/C14H25N2/c1-12(15-13-8-4-2-5-9-13)16-14-10-6-3-7-11-14/h13-14H,2-11H2,1H3. The maximum absolute atomic E-state index is 4.78. The van der Waals surface area contributed by atoms with E-state index in [1.54, 1.807) is 0 Å². The van der Waals surface area contributed by atoms with Crippen LogP contribution in [0.15, 0.2) is 0 Å². The van der Waals surface area contributed by atoms with Crippen LogP contribution in [0.4, 0.5) is 0 Å². The Morgan fingerprint density at radius 3 is 1.44 bits per heavy atom. The van der Waals surface area contributed by atoms with Crippen molar-refractivity contribution in [1.29, 1.82) is 0 Å². The van der Waals surface area contributed by atoms with Crippen molar-refractivity contribution in [3.8, 4) is 0 Å². The first-order chi connectivity index (χ1) is 7.84. The monoisotopic (exact) mass is 221 g/mol. The van der Waals surface area contributed by atoms with Crippen molar-refractivity contribution in [2.24, 2.45) is 0 Å². The fraction of sp³-hybridized carbons (Fsp3) is 0.929. The van der Waals surface area contributed by atoms with E-state index >= 15 is 0 Å². The summed E-state index contributed by atoms with van der Waals surface area (Å²) in [6, 6.07) is 1.17. The van der Waals surface area contributed by atoms with Gasteiger partial charge in [-0.25, -0.2) is 10.6 Å². The smallest absolute Gasteiger partial charge is 0.132 e.